The third-order valence-corrected chi connectivity index (χ3v) is 4.29. The first-order valence-electron chi connectivity index (χ1n) is 7.93. The van der Waals surface area contributed by atoms with Crippen molar-refractivity contribution in [2.24, 2.45) is 21.2 Å². The maximum atomic E-state index is 5.24. The van der Waals surface area contributed by atoms with Crippen LogP contribution >= 0.6 is 0 Å². The summed E-state index contributed by atoms with van der Waals surface area (Å²) in [5, 5.41) is 0. The minimum absolute atomic E-state index is 0.124. The maximum absolute atomic E-state index is 5.24. The minimum atomic E-state index is 0.124. The summed E-state index contributed by atoms with van der Waals surface area (Å²) in [5.74, 6) is 1.28. The number of hydrogen-bond donors (Lipinski definition) is 0. The molecule has 0 amide bonds. The number of fused-ring (bicyclic) bond motifs is 1. The standard InChI is InChI=1S/C18H32N2/c1-16(2,3)13-12-10-11-20(12)15(18(7,8)9)19-14(13)17(4,5)6/h14H,10-11H2,1-9H3. The van der Waals surface area contributed by atoms with Gasteiger partial charge in [0.1, 0.15) is 5.84 Å². The lowest BCUT2D eigenvalue weighted by molar-refractivity contribution is 0.247. The van der Waals surface area contributed by atoms with E-state index < -0.39 is 0 Å². The van der Waals surface area contributed by atoms with Crippen LogP contribution in [0.4, 0.5) is 0 Å². The van der Waals surface area contributed by atoms with Gasteiger partial charge in [0.05, 0.1) is 6.04 Å². The second-order valence-corrected chi connectivity index (χ2v) is 9.48. The van der Waals surface area contributed by atoms with Crippen LogP contribution in [0.15, 0.2) is 16.3 Å². The van der Waals surface area contributed by atoms with Crippen molar-refractivity contribution in [3.05, 3.63) is 11.3 Å². The molecular weight excluding hydrogens is 244 g/mol. The topological polar surface area (TPSA) is 15.6 Å². The van der Waals surface area contributed by atoms with E-state index in [4.69, 9.17) is 4.99 Å². The van der Waals surface area contributed by atoms with Crippen LogP contribution in [0.3, 0.4) is 0 Å². The van der Waals surface area contributed by atoms with Crippen molar-refractivity contribution in [1.82, 2.24) is 4.90 Å². The van der Waals surface area contributed by atoms with Gasteiger partial charge in [-0.05, 0) is 16.4 Å². The molecule has 0 aromatic heterocycles. The average molecular weight is 276 g/mol. The van der Waals surface area contributed by atoms with Crippen molar-refractivity contribution < 1.29 is 0 Å². The van der Waals surface area contributed by atoms with Gasteiger partial charge in [0.2, 0.25) is 0 Å². The van der Waals surface area contributed by atoms with Gasteiger partial charge in [-0.1, -0.05) is 62.3 Å². The number of hydrogen-bond acceptors (Lipinski definition) is 2. The molecule has 0 radical (unpaired) electrons. The quantitative estimate of drug-likeness (QED) is 0.616. The second-order valence-electron chi connectivity index (χ2n) is 9.48. The van der Waals surface area contributed by atoms with Gasteiger partial charge in [-0.25, -0.2) is 0 Å². The first-order valence-corrected chi connectivity index (χ1v) is 7.93. The molecule has 0 N–H and O–H groups in total. The number of aliphatic imine (C=N–C) groups is 1. The summed E-state index contributed by atoms with van der Waals surface area (Å²) >= 11 is 0. The molecule has 2 heterocycles. The van der Waals surface area contributed by atoms with Gasteiger partial charge >= 0.3 is 0 Å². The number of rotatable bonds is 0. The zero-order chi connectivity index (χ0) is 15.5. The Morgan fingerprint density at radius 1 is 0.900 bits per heavy atom. The summed E-state index contributed by atoms with van der Waals surface area (Å²) in [6.07, 6.45) is 1.22. The zero-order valence-corrected chi connectivity index (χ0v) is 14.9. The van der Waals surface area contributed by atoms with Crippen molar-refractivity contribution in [2.75, 3.05) is 6.54 Å². The van der Waals surface area contributed by atoms with E-state index in [-0.39, 0.29) is 16.2 Å². The Balaban J connectivity index is 2.57. The highest BCUT2D eigenvalue weighted by molar-refractivity contribution is 5.91. The molecule has 2 heteroatoms. The summed E-state index contributed by atoms with van der Waals surface area (Å²) in [5.41, 5.74) is 3.60. The van der Waals surface area contributed by atoms with Crippen LogP contribution in [0.25, 0.3) is 0 Å². The molecule has 2 rings (SSSR count). The fraction of sp³-hybridized carbons (Fsp3) is 0.833. The predicted molar refractivity (Wildman–Crippen MR) is 87.9 cm³/mol. The van der Waals surface area contributed by atoms with Crippen molar-refractivity contribution in [2.45, 2.75) is 74.8 Å². The smallest absolute Gasteiger partial charge is 0.109 e. The highest BCUT2D eigenvalue weighted by atomic mass is 15.3. The van der Waals surface area contributed by atoms with Crippen LogP contribution < -0.4 is 0 Å². The SMILES string of the molecule is CC(C)(C)C1=NC(C(C)(C)C)C(C(C)(C)C)=C2CCN12. The van der Waals surface area contributed by atoms with Gasteiger partial charge in [-0.15, -0.1) is 0 Å². The molecule has 0 aliphatic carbocycles. The Kier molecular flexibility index (Phi) is 3.39. The lowest BCUT2D eigenvalue weighted by Crippen LogP contribution is -2.53. The van der Waals surface area contributed by atoms with Crippen molar-refractivity contribution >= 4 is 5.84 Å². The molecule has 0 aromatic rings. The third kappa shape index (κ3) is 2.54. The van der Waals surface area contributed by atoms with E-state index in [0.717, 1.165) is 6.54 Å². The van der Waals surface area contributed by atoms with Crippen LogP contribution in [-0.2, 0) is 0 Å². The van der Waals surface area contributed by atoms with Gasteiger partial charge in [0.25, 0.3) is 0 Å². The van der Waals surface area contributed by atoms with Crippen LogP contribution in [0.1, 0.15) is 68.7 Å². The molecule has 0 saturated carbocycles. The third-order valence-electron chi connectivity index (χ3n) is 4.29. The van der Waals surface area contributed by atoms with Crippen LogP contribution in [0, 0.1) is 16.2 Å². The summed E-state index contributed by atoms with van der Waals surface area (Å²) < 4.78 is 0. The average Bonchev–Trinajstić information content (AvgIpc) is 2.13. The fourth-order valence-corrected chi connectivity index (χ4v) is 3.33. The van der Waals surface area contributed by atoms with E-state index >= 15 is 0 Å². The van der Waals surface area contributed by atoms with Crippen molar-refractivity contribution in [3.63, 3.8) is 0 Å². The zero-order valence-electron chi connectivity index (χ0n) is 14.9. The molecule has 0 spiro atoms. The first kappa shape index (κ1) is 15.6. The Labute approximate surface area is 125 Å². The van der Waals surface area contributed by atoms with Gasteiger partial charge in [-0.3, -0.25) is 4.99 Å². The maximum Gasteiger partial charge on any atom is 0.109 e. The van der Waals surface area contributed by atoms with Crippen molar-refractivity contribution in [3.8, 4) is 0 Å². The summed E-state index contributed by atoms with van der Waals surface area (Å²) in [6, 6.07) is 0.309. The molecule has 2 nitrogen and oxygen atoms in total. The molecule has 0 bridgehead atoms. The lowest BCUT2D eigenvalue weighted by atomic mass is 9.69. The summed E-state index contributed by atoms with van der Waals surface area (Å²) in [4.78, 5) is 7.71. The van der Waals surface area contributed by atoms with Crippen molar-refractivity contribution in [1.29, 1.82) is 0 Å². The second kappa shape index (κ2) is 4.35. The Morgan fingerprint density at radius 3 is 1.75 bits per heavy atom. The van der Waals surface area contributed by atoms with Crippen LogP contribution in [-0.4, -0.2) is 23.3 Å². The predicted octanol–water partition coefficient (Wildman–Crippen LogP) is 4.87. The van der Waals surface area contributed by atoms with E-state index in [9.17, 15) is 0 Å². The van der Waals surface area contributed by atoms with E-state index in [2.05, 4.69) is 67.2 Å². The minimum Gasteiger partial charge on any atom is -0.333 e. The molecule has 0 aromatic carbocycles. The summed E-state index contributed by atoms with van der Waals surface area (Å²) in [6.45, 7) is 22.0. The molecule has 1 atom stereocenters. The Morgan fingerprint density at radius 2 is 1.45 bits per heavy atom. The van der Waals surface area contributed by atoms with Gasteiger partial charge < -0.3 is 4.90 Å². The lowest BCUT2D eigenvalue weighted by Gasteiger charge is -2.52. The van der Waals surface area contributed by atoms with E-state index in [1.165, 1.54) is 12.3 Å². The van der Waals surface area contributed by atoms with Crippen LogP contribution in [0.5, 0.6) is 0 Å². The van der Waals surface area contributed by atoms with E-state index in [0.29, 0.717) is 6.04 Å². The highest BCUT2D eigenvalue weighted by Crippen LogP contribution is 2.48. The first-order chi connectivity index (χ1) is 8.83. The molecule has 114 valence electrons. The highest BCUT2D eigenvalue weighted by Gasteiger charge is 2.45. The molecule has 2 aliphatic heterocycles. The fourth-order valence-electron chi connectivity index (χ4n) is 3.33. The largest absolute Gasteiger partial charge is 0.333 e. The van der Waals surface area contributed by atoms with E-state index in [1.807, 2.05) is 0 Å². The Bertz CT molecular complexity index is 461. The molecule has 2 aliphatic rings. The van der Waals surface area contributed by atoms with Crippen LogP contribution in [0.2, 0.25) is 0 Å². The molecule has 1 unspecified atom stereocenters. The summed E-state index contributed by atoms with van der Waals surface area (Å²) in [7, 11) is 0. The van der Waals surface area contributed by atoms with Gasteiger partial charge in [-0.2, -0.15) is 0 Å². The molecule has 1 fully saturated rings. The molecule has 1 saturated heterocycles. The number of nitrogens with zero attached hydrogens (tertiary/aromatic N) is 2. The van der Waals surface area contributed by atoms with Gasteiger partial charge in [0.15, 0.2) is 0 Å². The molecular formula is C18H32N2. The number of amidine groups is 1. The van der Waals surface area contributed by atoms with Gasteiger partial charge in [0, 0.05) is 24.1 Å². The van der Waals surface area contributed by atoms with E-state index in [1.54, 1.807) is 11.3 Å². The Hall–Kier alpha value is -0.790. The molecule has 20 heavy (non-hydrogen) atoms. The monoisotopic (exact) mass is 276 g/mol. The normalized spacial score (nSPS) is 24.4.